The molecule has 0 aliphatic heterocycles. The van der Waals surface area contributed by atoms with Gasteiger partial charge in [0.15, 0.2) is 11.9 Å². The van der Waals surface area contributed by atoms with E-state index in [4.69, 9.17) is 16.0 Å². The molecule has 88 valence electrons. The summed E-state index contributed by atoms with van der Waals surface area (Å²) < 4.78 is 5.63. The summed E-state index contributed by atoms with van der Waals surface area (Å²) in [5.41, 5.74) is 2.51. The van der Waals surface area contributed by atoms with Gasteiger partial charge in [0.1, 0.15) is 5.52 Å². The molecule has 18 heavy (non-hydrogen) atoms. The lowest BCUT2D eigenvalue weighted by molar-refractivity contribution is 0.112. The zero-order valence-electron chi connectivity index (χ0n) is 9.26. The lowest BCUT2D eigenvalue weighted by Gasteiger charge is -1.94. The Hall–Kier alpha value is -2.13. The first-order chi connectivity index (χ1) is 8.78. The summed E-state index contributed by atoms with van der Waals surface area (Å²) in [6.07, 6.45) is 0.763. The molecule has 0 unspecified atom stereocenters. The van der Waals surface area contributed by atoms with Crippen molar-refractivity contribution >= 4 is 29.0 Å². The number of hydrogen-bond donors (Lipinski definition) is 0. The first-order valence-electron chi connectivity index (χ1n) is 5.38. The third kappa shape index (κ3) is 1.79. The number of nitrogens with zero attached hydrogens (tertiary/aromatic N) is 1. The number of carbonyl (C=O) groups is 1. The smallest absolute Gasteiger partial charge is 0.227 e. The van der Waals surface area contributed by atoms with E-state index in [1.807, 2.05) is 18.2 Å². The molecule has 0 bridgehead atoms. The quantitative estimate of drug-likeness (QED) is 0.653. The number of aldehydes is 1. The Balaban J connectivity index is 2.19. The van der Waals surface area contributed by atoms with Crippen molar-refractivity contribution in [3.8, 4) is 11.5 Å². The molecule has 0 fully saturated rings. The molecule has 0 saturated carbocycles. The minimum absolute atomic E-state index is 0.482. The van der Waals surface area contributed by atoms with Crippen LogP contribution in [0.5, 0.6) is 0 Å². The van der Waals surface area contributed by atoms with Gasteiger partial charge >= 0.3 is 0 Å². The highest BCUT2D eigenvalue weighted by molar-refractivity contribution is 6.30. The van der Waals surface area contributed by atoms with Gasteiger partial charge < -0.3 is 4.42 Å². The average Bonchev–Trinajstić information content (AvgIpc) is 2.83. The Bertz CT molecular complexity index is 716. The van der Waals surface area contributed by atoms with Gasteiger partial charge in [0.25, 0.3) is 0 Å². The Kier molecular flexibility index (Phi) is 2.61. The van der Waals surface area contributed by atoms with Crippen LogP contribution >= 0.6 is 11.6 Å². The summed E-state index contributed by atoms with van der Waals surface area (Å²) in [6, 6.07) is 12.5. The maximum atomic E-state index is 10.9. The molecule has 2 aromatic carbocycles. The summed E-state index contributed by atoms with van der Waals surface area (Å²) in [4.78, 5) is 15.3. The zero-order chi connectivity index (χ0) is 12.5. The van der Waals surface area contributed by atoms with Crippen molar-refractivity contribution in [2.24, 2.45) is 0 Å². The zero-order valence-corrected chi connectivity index (χ0v) is 10.0. The van der Waals surface area contributed by atoms with Crippen molar-refractivity contribution in [1.29, 1.82) is 0 Å². The van der Waals surface area contributed by atoms with Crippen molar-refractivity contribution in [2.45, 2.75) is 0 Å². The van der Waals surface area contributed by atoms with Gasteiger partial charge in [-0.1, -0.05) is 17.7 Å². The molecule has 0 atom stereocenters. The number of para-hydroxylation sites is 1. The van der Waals surface area contributed by atoms with Crippen LogP contribution in [0.25, 0.3) is 22.6 Å². The Morgan fingerprint density at radius 1 is 1.11 bits per heavy atom. The summed E-state index contributed by atoms with van der Waals surface area (Å²) in [7, 11) is 0. The molecular formula is C14H8ClNO2. The van der Waals surface area contributed by atoms with Gasteiger partial charge in [-0.05, 0) is 36.4 Å². The van der Waals surface area contributed by atoms with Crippen LogP contribution in [0.15, 0.2) is 46.9 Å². The number of carbonyl (C=O) groups excluding carboxylic acids is 1. The molecule has 3 rings (SSSR count). The lowest BCUT2D eigenvalue weighted by atomic mass is 10.2. The molecular weight excluding hydrogens is 250 g/mol. The molecule has 1 heterocycles. The summed E-state index contributed by atoms with van der Waals surface area (Å²) >= 11 is 5.83. The van der Waals surface area contributed by atoms with Gasteiger partial charge in [0, 0.05) is 10.6 Å². The predicted molar refractivity (Wildman–Crippen MR) is 69.8 cm³/mol. The van der Waals surface area contributed by atoms with Crippen LogP contribution in [0.4, 0.5) is 0 Å². The highest BCUT2D eigenvalue weighted by atomic mass is 35.5. The number of halogens is 1. The third-order valence-corrected chi connectivity index (χ3v) is 2.92. The molecule has 0 aliphatic carbocycles. The molecule has 0 radical (unpaired) electrons. The normalized spacial score (nSPS) is 10.7. The molecule has 0 spiro atoms. The van der Waals surface area contributed by atoms with E-state index in [0.29, 0.717) is 27.6 Å². The van der Waals surface area contributed by atoms with Crippen molar-refractivity contribution in [3.05, 3.63) is 53.1 Å². The maximum Gasteiger partial charge on any atom is 0.227 e. The van der Waals surface area contributed by atoms with Crippen LogP contribution in [-0.4, -0.2) is 11.3 Å². The molecule has 0 amide bonds. The lowest BCUT2D eigenvalue weighted by Crippen LogP contribution is -1.78. The number of benzene rings is 2. The van der Waals surface area contributed by atoms with Gasteiger partial charge in [-0.15, -0.1) is 0 Å². The highest BCUT2D eigenvalue weighted by Gasteiger charge is 2.10. The van der Waals surface area contributed by atoms with Crippen LogP contribution in [-0.2, 0) is 0 Å². The number of oxazole rings is 1. The van der Waals surface area contributed by atoms with E-state index in [0.717, 1.165) is 11.8 Å². The van der Waals surface area contributed by atoms with Gasteiger partial charge in [0.05, 0.1) is 5.56 Å². The van der Waals surface area contributed by atoms with Gasteiger partial charge in [-0.25, -0.2) is 4.98 Å². The summed E-state index contributed by atoms with van der Waals surface area (Å²) in [6.45, 7) is 0. The van der Waals surface area contributed by atoms with Crippen molar-refractivity contribution in [2.75, 3.05) is 0 Å². The number of fused-ring (bicyclic) bond motifs is 1. The van der Waals surface area contributed by atoms with E-state index in [1.165, 1.54) is 0 Å². The number of hydrogen-bond acceptors (Lipinski definition) is 3. The van der Waals surface area contributed by atoms with E-state index in [1.54, 1.807) is 24.3 Å². The monoisotopic (exact) mass is 257 g/mol. The topological polar surface area (TPSA) is 43.1 Å². The molecule has 0 saturated heterocycles. The Morgan fingerprint density at radius 2 is 1.89 bits per heavy atom. The minimum Gasteiger partial charge on any atom is -0.435 e. The van der Waals surface area contributed by atoms with Gasteiger partial charge in [-0.3, -0.25) is 4.79 Å². The van der Waals surface area contributed by atoms with Crippen LogP contribution in [0.3, 0.4) is 0 Å². The second kappa shape index (κ2) is 4.27. The van der Waals surface area contributed by atoms with Crippen molar-refractivity contribution in [3.63, 3.8) is 0 Å². The van der Waals surface area contributed by atoms with Crippen LogP contribution in [0.1, 0.15) is 10.4 Å². The van der Waals surface area contributed by atoms with E-state index in [-0.39, 0.29) is 0 Å². The van der Waals surface area contributed by atoms with E-state index in [2.05, 4.69) is 4.98 Å². The summed E-state index contributed by atoms with van der Waals surface area (Å²) in [5, 5.41) is 0.656. The first kappa shape index (κ1) is 11.0. The molecule has 3 aromatic rings. The average molecular weight is 258 g/mol. The van der Waals surface area contributed by atoms with E-state index < -0.39 is 0 Å². The molecule has 3 nitrogen and oxygen atoms in total. The number of aromatic nitrogens is 1. The molecule has 4 heteroatoms. The van der Waals surface area contributed by atoms with Crippen LogP contribution < -0.4 is 0 Å². The molecule has 0 N–H and O–H groups in total. The third-order valence-electron chi connectivity index (χ3n) is 2.66. The molecule has 1 aromatic heterocycles. The fraction of sp³-hybridized carbons (Fsp3) is 0. The SMILES string of the molecule is O=Cc1cccc2nc(-c3ccc(Cl)cc3)oc12. The van der Waals surface area contributed by atoms with Crippen molar-refractivity contribution < 1.29 is 9.21 Å². The standard InChI is InChI=1S/C14H8ClNO2/c15-11-6-4-9(5-7-11)14-16-12-3-1-2-10(8-17)13(12)18-14/h1-8H. The fourth-order valence-electron chi connectivity index (χ4n) is 1.78. The van der Waals surface area contributed by atoms with Crippen LogP contribution in [0.2, 0.25) is 5.02 Å². The van der Waals surface area contributed by atoms with Gasteiger partial charge in [-0.2, -0.15) is 0 Å². The summed E-state index contributed by atoms with van der Waals surface area (Å²) in [5.74, 6) is 0.482. The fourth-order valence-corrected chi connectivity index (χ4v) is 1.91. The van der Waals surface area contributed by atoms with Crippen molar-refractivity contribution in [1.82, 2.24) is 4.98 Å². The predicted octanol–water partition coefficient (Wildman–Crippen LogP) is 3.96. The minimum atomic E-state index is 0.482. The molecule has 0 aliphatic rings. The maximum absolute atomic E-state index is 10.9. The second-order valence-electron chi connectivity index (χ2n) is 3.84. The Labute approximate surface area is 108 Å². The largest absolute Gasteiger partial charge is 0.435 e. The van der Waals surface area contributed by atoms with Gasteiger partial charge in [0.2, 0.25) is 5.89 Å². The number of rotatable bonds is 2. The second-order valence-corrected chi connectivity index (χ2v) is 4.28. The first-order valence-corrected chi connectivity index (χ1v) is 5.76. The highest BCUT2D eigenvalue weighted by Crippen LogP contribution is 2.26. The Morgan fingerprint density at radius 3 is 2.61 bits per heavy atom. The van der Waals surface area contributed by atoms with E-state index in [9.17, 15) is 4.79 Å². The van der Waals surface area contributed by atoms with Crippen LogP contribution in [0, 0.1) is 0 Å². The van der Waals surface area contributed by atoms with E-state index >= 15 is 0 Å².